The fourth-order valence-electron chi connectivity index (χ4n) is 2.85. The van der Waals surface area contributed by atoms with Crippen molar-refractivity contribution < 1.29 is 13.2 Å². The zero-order chi connectivity index (χ0) is 13.3. The molecule has 0 bridgehead atoms. The van der Waals surface area contributed by atoms with E-state index >= 15 is 0 Å². The van der Waals surface area contributed by atoms with Crippen molar-refractivity contribution in [1.29, 1.82) is 0 Å². The molecule has 2 nitrogen and oxygen atoms in total. The minimum Gasteiger partial charge on any atom is -0.311 e. The predicted molar refractivity (Wildman–Crippen MR) is 65.4 cm³/mol. The Hall–Kier alpha value is -0.290. The molecule has 1 heterocycles. The topological polar surface area (TPSA) is 15.3 Å². The van der Waals surface area contributed by atoms with Crippen LogP contribution in [0.2, 0.25) is 0 Å². The second-order valence-electron chi connectivity index (χ2n) is 6.02. The summed E-state index contributed by atoms with van der Waals surface area (Å²) in [6.07, 6.45) is -2.26. The molecule has 0 spiro atoms. The first-order chi connectivity index (χ1) is 8.37. The Bertz CT molecular complexity index is 274. The molecule has 0 amide bonds. The van der Waals surface area contributed by atoms with Crippen LogP contribution >= 0.6 is 0 Å². The average Bonchev–Trinajstić information content (AvgIpc) is 3.08. The summed E-state index contributed by atoms with van der Waals surface area (Å²) in [4.78, 5) is 2.05. The number of hydrogen-bond donors (Lipinski definition) is 1. The molecular formula is C13H23F3N2. The molecule has 0 aromatic heterocycles. The Labute approximate surface area is 107 Å². The summed E-state index contributed by atoms with van der Waals surface area (Å²) in [5, 5.41) is 3.52. The molecule has 0 radical (unpaired) electrons. The second-order valence-corrected chi connectivity index (χ2v) is 6.02. The van der Waals surface area contributed by atoms with E-state index in [1.807, 2.05) is 0 Å². The monoisotopic (exact) mass is 264 g/mol. The van der Waals surface area contributed by atoms with Crippen molar-refractivity contribution in [3.63, 3.8) is 0 Å². The van der Waals surface area contributed by atoms with Gasteiger partial charge in [0.25, 0.3) is 0 Å². The summed E-state index contributed by atoms with van der Waals surface area (Å²) in [6, 6.07) is 0.649. The van der Waals surface area contributed by atoms with Crippen LogP contribution in [0.5, 0.6) is 0 Å². The molecule has 1 aliphatic heterocycles. The van der Waals surface area contributed by atoms with Gasteiger partial charge in [0.15, 0.2) is 0 Å². The van der Waals surface area contributed by atoms with Crippen LogP contribution in [-0.4, -0.2) is 42.8 Å². The number of nitrogens with one attached hydrogen (secondary N) is 1. The summed E-state index contributed by atoms with van der Waals surface area (Å²) < 4.78 is 37.1. The molecule has 5 heteroatoms. The molecule has 0 aromatic rings. The fourth-order valence-corrected chi connectivity index (χ4v) is 2.85. The van der Waals surface area contributed by atoms with Crippen LogP contribution in [0.4, 0.5) is 13.2 Å². The molecule has 1 N–H and O–H groups in total. The first kappa shape index (κ1) is 14.1. The van der Waals surface area contributed by atoms with Crippen LogP contribution in [0.15, 0.2) is 0 Å². The van der Waals surface area contributed by atoms with Crippen molar-refractivity contribution >= 4 is 0 Å². The number of alkyl halides is 3. The number of halogens is 3. The third kappa shape index (κ3) is 3.85. The van der Waals surface area contributed by atoms with Crippen molar-refractivity contribution in [2.75, 3.05) is 19.6 Å². The summed E-state index contributed by atoms with van der Waals surface area (Å²) in [7, 11) is 0. The Morgan fingerprint density at radius 3 is 2.44 bits per heavy atom. The third-order valence-electron chi connectivity index (χ3n) is 4.13. The van der Waals surface area contributed by atoms with Crippen LogP contribution in [0, 0.1) is 11.8 Å². The van der Waals surface area contributed by atoms with Gasteiger partial charge < -0.3 is 5.32 Å². The van der Waals surface area contributed by atoms with Crippen LogP contribution < -0.4 is 5.32 Å². The summed E-state index contributed by atoms with van der Waals surface area (Å²) in [5.74, 6) is 1.09. The summed E-state index contributed by atoms with van der Waals surface area (Å²) in [5.41, 5.74) is 0. The van der Waals surface area contributed by atoms with Gasteiger partial charge in [0.2, 0.25) is 0 Å². The molecule has 0 aromatic carbocycles. The average molecular weight is 264 g/mol. The number of hydrogen-bond acceptors (Lipinski definition) is 2. The maximum atomic E-state index is 12.4. The van der Waals surface area contributed by atoms with E-state index in [0.29, 0.717) is 17.9 Å². The first-order valence-corrected chi connectivity index (χ1v) is 6.91. The molecule has 2 rings (SSSR count). The predicted octanol–water partition coefficient (Wildman–Crippen LogP) is 2.65. The standard InChI is InChI=1S/C13H23F3N2/c1-9(2)12-7-17-11(10-3-4-10)8-18(12)6-5-13(14,15)16/h9-12,17H,3-8H2,1-2H3. The van der Waals surface area contributed by atoms with E-state index in [4.69, 9.17) is 0 Å². The summed E-state index contributed by atoms with van der Waals surface area (Å²) >= 11 is 0. The van der Waals surface area contributed by atoms with Gasteiger partial charge >= 0.3 is 6.18 Å². The maximum Gasteiger partial charge on any atom is 0.390 e. The lowest BCUT2D eigenvalue weighted by molar-refractivity contribution is -0.140. The lowest BCUT2D eigenvalue weighted by Crippen LogP contribution is -2.59. The highest BCUT2D eigenvalue weighted by molar-refractivity contribution is 4.95. The fraction of sp³-hybridized carbons (Fsp3) is 1.00. The quantitative estimate of drug-likeness (QED) is 0.839. The minimum atomic E-state index is -4.04. The van der Waals surface area contributed by atoms with Gasteiger partial charge in [0.05, 0.1) is 6.42 Å². The van der Waals surface area contributed by atoms with Gasteiger partial charge in [-0.3, -0.25) is 4.90 Å². The minimum absolute atomic E-state index is 0.150. The Morgan fingerprint density at radius 1 is 1.28 bits per heavy atom. The molecule has 1 aliphatic carbocycles. The van der Waals surface area contributed by atoms with Crippen LogP contribution in [0.25, 0.3) is 0 Å². The molecular weight excluding hydrogens is 241 g/mol. The molecule has 106 valence electrons. The Morgan fingerprint density at radius 2 is 1.94 bits per heavy atom. The van der Waals surface area contributed by atoms with Crippen molar-refractivity contribution in [1.82, 2.24) is 10.2 Å². The van der Waals surface area contributed by atoms with Crippen molar-refractivity contribution in [3.8, 4) is 0 Å². The van der Waals surface area contributed by atoms with E-state index in [0.717, 1.165) is 13.1 Å². The number of rotatable bonds is 4. The van der Waals surface area contributed by atoms with E-state index in [9.17, 15) is 13.2 Å². The summed E-state index contributed by atoms with van der Waals surface area (Å²) in [6.45, 7) is 5.94. The second kappa shape index (κ2) is 5.37. The van der Waals surface area contributed by atoms with Gasteiger partial charge in [0.1, 0.15) is 0 Å². The van der Waals surface area contributed by atoms with E-state index in [2.05, 4.69) is 24.1 Å². The molecule has 2 unspecified atom stereocenters. The highest BCUT2D eigenvalue weighted by Gasteiger charge is 2.39. The van der Waals surface area contributed by atoms with E-state index < -0.39 is 12.6 Å². The molecule has 1 saturated carbocycles. The van der Waals surface area contributed by atoms with Crippen LogP contribution in [-0.2, 0) is 0 Å². The van der Waals surface area contributed by atoms with Gasteiger partial charge in [-0.1, -0.05) is 13.8 Å². The van der Waals surface area contributed by atoms with Gasteiger partial charge in [-0.25, -0.2) is 0 Å². The van der Waals surface area contributed by atoms with Gasteiger partial charge in [-0.15, -0.1) is 0 Å². The SMILES string of the molecule is CC(C)C1CNC(C2CC2)CN1CCC(F)(F)F. The van der Waals surface area contributed by atoms with Crippen molar-refractivity contribution in [2.24, 2.45) is 11.8 Å². The zero-order valence-electron chi connectivity index (χ0n) is 11.1. The van der Waals surface area contributed by atoms with Gasteiger partial charge in [-0.2, -0.15) is 13.2 Å². The molecule has 2 aliphatic rings. The van der Waals surface area contributed by atoms with Crippen LogP contribution in [0.1, 0.15) is 33.1 Å². The lowest BCUT2D eigenvalue weighted by atomic mass is 9.96. The number of nitrogens with zero attached hydrogens (tertiary/aromatic N) is 1. The lowest BCUT2D eigenvalue weighted by Gasteiger charge is -2.42. The normalized spacial score (nSPS) is 31.0. The molecule has 18 heavy (non-hydrogen) atoms. The smallest absolute Gasteiger partial charge is 0.311 e. The van der Waals surface area contributed by atoms with Crippen molar-refractivity contribution in [2.45, 2.75) is 51.4 Å². The molecule has 2 atom stereocenters. The molecule has 1 saturated heterocycles. The first-order valence-electron chi connectivity index (χ1n) is 6.91. The highest BCUT2D eigenvalue weighted by Crippen LogP contribution is 2.35. The third-order valence-corrected chi connectivity index (χ3v) is 4.13. The highest BCUT2D eigenvalue weighted by atomic mass is 19.4. The zero-order valence-corrected chi connectivity index (χ0v) is 11.1. The Balaban J connectivity index is 1.91. The maximum absolute atomic E-state index is 12.4. The van der Waals surface area contributed by atoms with E-state index in [-0.39, 0.29) is 12.6 Å². The van der Waals surface area contributed by atoms with Crippen LogP contribution in [0.3, 0.4) is 0 Å². The number of piperazine rings is 1. The Kier molecular flexibility index (Phi) is 4.22. The molecule has 2 fully saturated rings. The van der Waals surface area contributed by atoms with Gasteiger partial charge in [0, 0.05) is 31.7 Å². The van der Waals surface area contributed by atoms with E-state index in [1.54, 1.807) is 0 Å². The van der Waals surface area contributed by atoms with Gasteiger partial charge in [-0.05, 0) is 24.7 Å². The van der Waals surface area contributed by atoms with E-state index in [1.165, 1.54) is 12.8 Å². The largest absolute Gasteiger partial charge is 0.390 e. The van der Waals surface area contributed by atoms with Crippen molar-refractivity contribution in [3.05, 3.63) is 0 Å².